The van der Waals surface area contributed by atoms with Crippen LogP contribution in [0.3, 0.4) is 0 Å². The molecule has 1 saturated heterocycles. The molecule has 7 rings (SSSR count). The molecule has 8 nitrogen and oxygen atoms in total. The Morgan fingerprint density at radius 3 is 1.38 bits per heavy atom. The summed E-state index contributed by atoms with van der Waals surface area (Å²) in [5, 5.41) is 5.54. The first-order valence-electron chi connectivity index (χ1n) is 15.2. The monoisotopic (exact) mass is 626 g/mol. The molecular formula is C39H30O8. The number of hydrogen-bond acceptors (Lipinski definition) is 8. The molecule has 8 heteroatoms. The third-order valence-electron chi connectivity index (χ3n) is 8.32. The minimum atomic E-state index is -1.16. The Morgan fingerprint density at radius 1 is 0.532 bits per heavy atom. The predicted molar refractivity (Wildman–Crippen MR) is 176 cm³/mol. The van der Waals surface area contributed by atoms with E-state index >= 15 is 0 Å². The van der Waals surface area contributed by atoms with Gasteiger partial charge in [0.05, 0.1) is 16.7 Å². The van der Waals surface area contributed by atoms with E-state index in [0.29, 0.717) is 16.7 Å². The maximum Gasteiger partial charge on any atom is 0.338 e. The average molecular weight is 627 g/mol. The molecule has 234 valence electrons. The van der Waals surface area contributed by atoms with Crippen LogP contribution in [0.4, 0.5) is 0 Å². The first-order valence-corrected chi connectivity index (χ1v) is 15.2. The van der Waals surface area contributed by atoms with Crippen molar-refractivity contribution >= 4 is 50.2 Å². The highest BCUT2D eigenvalue weighted by Gasteiger charge is 2.51. The van der Waals surface area contributed by atoms with Gasteiger partial charge in [0, 0.05) is 7.11 Å². The number of benzene rings is 6. The van der Waals surface area contributed by atoms with Crippen LogP contribution in [0.5, 0.6) is 0 Å². The van der Waals surface area contributed by atoms with Crippen molar-refractivity contribution in [1.82, 2.24) is 0 Å². The fraction of sp³-hybridized carbons (Fsp3) is 0.154. The van der Waals surface area contributed by atoms with Gasteiger partial charge in [-0.1, -0.05) is 91.0 Å². The molecule has 4 atom stereocenters. The molecule has 0 aliphatic carbocycles. The number of carbonyl (C=O) groups is 3. The van der Waals surface area contributed by atoms with E-state index in [1.807, 2.05) is 91.0 Å². The average Bonchev–Trinajstić information content (AvgIpc) is 3.44. The summed E-state index contributed by atoms with van der Waals surface area (Å²) in [5.74, 6) is -1.88. The zero-order valence-corrected chi connectivity index (χ0v) is 25.4. The summed E-state index contributed by atoms with van der Waals surface area (Å²) >= 11 is 0. The van der Waals surface area contributed by atoms with Crippen molar-refractivity contribution in [3.05, 3.63) is 144 Å². The van der Waals surface area contributed by atoms with Gasteiger partial charge in [0.2, 0.25) is 0 Å². The number of methoxy groups -OCH3 is 1. The van der Waals surface area contributed by atoms with Crippen LogP contribution in [-0.4, -0.2) is 56.2 Å². The summed E-state index contributed by atoms with van der Waals surface area (Å²) in [4.78, 5) is 40.1. The number of carbonyl (C=O) groups excluding carboxylic acids is 3. The topological polar surface area (TPSA) is 97.4 Å². The highest BCUT2D eigenvalue weighted by molar-refractivity contribution is 5.97. The smallest absolute Gasteiger partial charge is 0.338 e. The van der Waals surface area contributed by atoms with Gasteiger partial charge in [-0.05, 0) is 68.7 Å². The van der Waals surface area contributed by atoms with Crippen LogP contribution in [0.25, 0.3) is 32.3 Å². The van der Waals surface area contributed by atoms with Crippen LogP contribution < -0.4 is 0 Å². The molecule has 0 radical (unpaired) electrons. The van der Waals surface area contributed by atoms with E-state index in [-0.39, 0.29) is 6.61 Å². The van der Waals surface area contributed by atoms with Gasteiger partial charge < -0.3 is 23.7 Å². The highest BCUT2D eigenvalue weighted by atomic mass is 16.7. The van der Waals surface area contributed by atoms with Crippen LogP contribution in [0, 0.1) is 0 Å². The fourth-order valence-corrected chi connectivity index (χ4v) is 5.86. The number of fused-ring (bicyclic) bond motifs is 3. The zero-order valence-electron chi connectivity index (χ0n) is 25.4. The second-order valence-electron chi connectivity index (χ2n) is 11.3. The molecule has 0 spiro atoms. The van der Waals surface area contributed by atoms with Crippen molar-refractivity contribution in [2.24, 2.45) is 0 Å². The molecule has 1 unspecified atom stereocenters. The van der Waals surface area contributed by atoms with Gasteiger partial charge in [-0.3, -0.25) is 0 Å². The van der Waals surface area contributed by atoms with Gasteiger partial charge in [-0.15, -0.1) is 0 Å². The van der Waals surface area contributed by atoms with E-state index < -0.39 is 42.5 Å². The summed E-state index contributed by atoms with van der Waals surface area (Å²) in [7, 11) is 1.40. The van der Waals surface area contributed by atoms with Gasteiger partial charge in [0.25, 0.3) is 0 Å². The van der Waals surface area contributed by atoms with Crippen molar-refractivity contribution in [2.45, 2.75) is 24.6 Å². The quantitative estimate of drug-likeness (QED) is 0.130. The maximum absolute atomic E-state index is 13.5. The highest BCUT2D eigenvalue weighted by Crippen LogP contribution is 2.30. The van der Waals surface area contributed by atoms with E-state index in [0.717, 1.165) is 32.3 Å². The summed E-state index contributed by atoms with van der Waals surface area (Å²) in [5.41, 5.74) is 0.967. The number of hydrogen-bond donors (Lipinski definition) is 0. The van der Waals surface area contributed by atoms with Crippen LogP contribution in [0.2, 0.25) is 0 Å². The van der Waals surface area contributed by atoms with Gasteiger partial charge >= 0.3 is 17.9 Å². The second-order valence-corrected chi connectivity index (χ2v) is 11.3. The number of rotatable bonds is 8. The fourth-order valence-electron chi connectivity index (χ4n) is 5.86. The number of ether oxygens (including phenoxy) is 5. The van der Waals surface area contributed by atoms with Gasteiger partial charge in [0.15, 0.2) is 18.5 Å². The summed E-state index contributed by atoms with van der Waals surface area (Å²) in [6, 6.07) is 38.7. The minimum absolute atomic E-state index is 0.286. The summed E-state index contributed by atoms with van der Waals surface area (Å²) in [6.07, 6.45) is -4.41. The third kappa shape index (κ3) is 6.29. The molecule has 1 fully saturated rings. The molecule has 6 aromatic rings. The van der Waals surface area contributed by atoms with E-state index in [4.69, 9.17) is 23.7 Å². The van der Waals surface area contributed by atoms with Crippen molar-refractivity contribution in [3.63, 3.8) is 0 Å². The van der Waals surface area contributed by atoms with Crippen molar-refractivity contribution in [3.8, 4) is 0 Å². The van der Waals surface area contributed by atoms with E-state index in [9.17, 15) is 14.4 Å². The lowest BCUT2D eigenvalue weighted by Crippen LogP contribution is -2.42. The standard InChI is InChI=1S/C39H30O8/c1-43-39-35(47-38(42)32-19-16-26-10-4-7-13-29(26)22-32)34(46-37(41)31-18-15-25-9-3-6-12-28(25)21-31)33(45-39)23-44-36(40)30-17-14-24-8-2-5-11-27(24)20-30/h2-22,33-35,39H,23H2,1H3/t33-,34-,35+,39?/m0/s1. The van der Waals surface area contributed by atoms with E-state index in [1.54, 1.807) is 36.4 Å². The minimum Gasteiger partial charge on any atom is -0.459 e. The van der Waals surface area contributed by atoms with Crippen LogP contribution in [0.1, 0.15) is 31.1 Å². The van der Waals surface area contributed by atoms with Gasteiger partial charge in [0.1, 0.15) is 12.7 Å². The SMILES string of the molecule is COC1O[C@@H](COC(=O)c2ccc3ccccc3c2)[C@H](OC(=O)c2ccc3ccccc3c2)[C@H]1OC(=O)c1ccc2ccccc2c1. The van der Waals surface area contributed by atoms with Crippen LogP contribution in [0.15, 0.2) is 127 Å². The lowest BCUT2D eigenvalue weighted by molar-refractivity contribution is -0.155. The van der Waals surface area contributed by atoms with E-state index in [1.165, 1.54) is 7.11 Å². The predicted octanol–water partition coefficient (Wildman–Crippen LogP) is 7.13. The summed E-state index contributed by atoms with van der Waals surface area (Å²) in [6.45, 7) is -0.286. The first kappa shape index (κ1) is 30.1. The van der Waals surface area contributed by atoms with Crippen molar-refractivity contribution in [1.29, 1.82) is 0 Å². The lowest BCUT2D eigenvalue weighted by atomic mass is 10.1. The Bertz CT molecular complexity index is 2120. The zero-order chi connectivity index (χ0) is 32.3. The maximum atomic E-state index is 13.5. The first-order chi connectivity index (χ1) is 23.0. The molecule has 47 heavy (non-hydrogen) atoms. The molecule has 6 aromatic carbocycles. The van der Waals surface area contributed by atoms with Gasteiger partial charge in [-0.2, -0.15) is 0 Å². The molecule has 0 N–H and O–H groups in total. The molecular weight excluding hydrogens is 596 g/mol. The van der Waals surface area contributed by atoms with E-state index in [2.05, 4.69) is 0 Å². The third-order valence-corrected chi connectivity index (χ3v) is 8.32. The molecule has 0 bridgehead atoms. The molecule has 0 aromatic heterocycles. The normalized spacial score (nSPS) is 19.1. The Balaban J connectivity index is 1.15. The Kier molecular flexibility index (Phi) is 8.35. The molecule has 0 amide bonds. The van der Waals surface area contributed by atoms with Crippen LogP contribution in [-0.2, 0) is 23.7 Å². The lowest BCUT2D eigenvalue weighted by Gasteiger charge is -2.24. The Labute approximate surface area is 270 Å². The summed E-state index contributed by atoms with van der Waals surface area (Å²) < 4.78 is 29.2. The van der Waals surface area contributed by atoms with Gasteiger partial charge in [-0.25, -0.2) is 14.4 Å². The number of esters is 3. The van der Waals surface area contributed by atoms with Crippen molar-refractivity contribution < 1.29 is 38.1 Å². The second kappa shape index (κ2) is 13.0. The Hall–Kier alpha value is -5.57. The van der Waals surface area contributed by atoms with Crippen molar-refractivity contribution in [2.75, 3.05) is 13.7 Å². The molecule has 1 aliphatic rings. The molecule has 0 saturated carbocycles. The Morgan fingerprint density at radius 2 is 0.936 bits per heavy atom. The largest absolute Gasteiger partial charge is 0.459 e. The molecule has 1 heterocycles. The molecule has 1 aliphatic heterocycles. The van der Waals surface area contributed by atoms with Crippen LogP contribution >= 0.6 is 0 Å².